The van der Waals surface area contributed by atoms with E-state index in [9.17, 15) is 4.79 Å². The molecule has 1 saturated heterocycles. The number of morpholine rings is 1. The van der Waals surface area contributed by atoms with Crippen LogP contribution in [0.3, 0.4) is 0 Å². The van der Waals surface area contributed by atoms with E-state index in [-0.39, 0.29) is 18.1 Å². The monoisotopic (exact) mass is 310 g/mol. The van der Waals surface area contributed by atoms with Crippen molar-refractivity contribution in [2.24, 2.45) is 0 Å². The van der Waals surface area contributed by atoms with Gasteiger partial charge in [0.2, 0.25) is 5.91 Å². The summed E-state index contributed by atoms with van der Waals surface area (Å²) in [6.07, 6.45) is 0.317. The van der Waals surface area contributed by atoms with Gasteiger partial charge >= 0.3 is 0 Å². The molecular formula is C16H23ClN2O2. The molecule has 0 saturated carbocycles. The third kappa shape index (κ3) is 4.43. The van der Waals surface area contributed by atoms with Crippen LogP contribution in [-0.2, 0) is 9.53 Å². The minimum Gasteiger partial charge on any atom is -0.373 e. The Morgan fingerprint density at radius 1 is 1.33 bits per heavy atom. The first-order chi connectivity index (χ1) is 9.85. The highest BCUT2D eigenvalue weighted by Crippen LogP contribution is 2.27. The van der Waals surface area contributed by atoms with Gasteiger partial charge in [0, 0.05) is 13.1 Å². The van der Waals surface area contributed by atoms with Crippen LogP contribution in [0.4, 0.5) is 5.69 Å². The van der Waals surface area contributed by atoms with Crippen LogP contribution in [0.25, 0.3) is 0 Å². The summed E-state index contributed by atoms with van der Waals surface area (Å²) in [5, 5.41) is 3.52. The normalized spacial score (nSPS) is 23.1. The molecule has 1 fully saturated rings. The molecule has 21 heavy (non-hydrogen) atoms. The number of hydrogen-bond donors (Lipinski definition) is 1. The van der Waals surface area contributed by atoms with Crippen LogP contribution in [0.15, 0.2) is 12.1 Å². The van der Waals surface area contributed by atoms with Crippen molar-refractivity contribution in [2.75, 3.05) is 25.0 Å². The molecule has 1 amide bonds. The number of carbonyl (C=O) groups excluding carboxylic acids is 1. The zero-order valence-electron chi connectivity index (χ0n) is 13.1. The molecule has 1 aromatic rings. The number of nitrogens with zero attached hydrogens (tertiary/aromatic N) is 1. The molecule has 116 valence electrons. The second kappa shape index (κ2) is 6.77. The van der Waals surface area contributed by atoms with Crippen molar-refractivity contribution in [3.8, 4) is 0 Å². The summed E-state index contributed by atoms with van der Waals surface area (Å²) in [7, 11) is 0. The van der Waals surface area contributed by atoms with Gasteiger partial charge in [0.05, 0.1) is 29.5 Å². The van der Waals surface area contributed by atoms with Crippen molar-refractivity contribution in [2.45, 2.75) is 39.9 Å². The molecule has 5 heteroatoms. The summed E-state index contributed by atoms with van der Waals surface area (Å²) in [6, 6.07) is 3.88. The average Bonchev–Trinajstić information content (AvgIpc) is 2.32. The molecule has 0 radical (unpaired) electrons. The van der Waals surface area contributed by atoms with Crippen molar-refractivity contribution in [1.82, 2.24) is 4.90 Å². The van der Waals surface area contributed by atoms with Gasteiger partial charge < -0.3 is 10.1 Å². The second-order valence-corrected chi connectivity index (χ2v) is 6.35. The number of ether oxygens (including phenoxy) is 1. The molecule has 0 aromatic heterocycles. The number of nitrogens with one attached hydrogen (secondary N) is 1. The standard InChI is InChI=1S/C16H23ClN2O2/c1-10-5-11(2)16(14(17)6-10)18-15(20)9-19-7-12(3)21-13(4)8-19/h5-6,12-13H,7-9H2,1-4H3,(H,18,20)/t12-,13+. The van der Waals surface area contributed by atoms with Crippen molar-refractivity contribution in [3.63, 3.8) is 0 Å². The van der Waals surface area contributed by atoms with Gasteiger partial charge in [0.15, 0.2) is 0 Å². The van der Waals surface area contributed by atoms with Crippen molar-refractivity contribution < 1.29 is 9.53 Å². The van der Waals surface area contributed by atoms with Crippen LogP contribution in [0.1, 0.15) is 25.0 Å². The predicted octanol–water partition coefficient (Wildman–Crippen LogP) is 3.00. The minimum atomic E-state index is -0.0369. The Morgan fingerprint density at radius 3 is 2.52 bits per heavy atom. The van der Waals surface area contributed by atoms with Crippen LogP contribution in [-0.4, -0.2) is 42.6 Å². The fourth-order valence-corrected chi connectivity index (χ4v) is 3.24. The van der Waals surface area contributed by atoms with Crippen molar-refractivity contribution in [1.29, 1.82) is 0 Å². The molecule has 0 unspecified atom stereocenters. The highest BCUT2D eigenvalue weighted by molar-refractivity contribution is 6.34. The molecule has 0 bridgehead atoms. The summed E-state index contributed by atoms with van der Waals surface area (Å²) in [5.41, 5.74) is 2.78. The van der Waals surface area contributed by atoms with Gasteiger partial charge in [-0.15, -0.1) is 0 Å². The average molecular weight is 311 g/mol. The zero-order chi connectivity index (χ0) is 15.6. The molecule has 4 nitrogen and oxygen atoms in total. The Balaban J connectivity index is 1.99. The van der Waals surface area contributed by atoms with Crippen LogP contribution in [0.2, 0.25) is 5.02 Å². The van der Waals surface area contributed by atoms with Gasteiger partial charge in [-0.3, -0.25) is 9.69 Å². The largest absolute Gasteiger partial charge is 0.373 e. The van der Waals surface area contributed by atoms with E-state index in [4.69, 9.17) is 16.3 Å². The quantitative estimate of drug-likeness (QED) is 0.933. The molecule has 1 N–H and O–H groups in total. The van der Waals surface area contributed by atoms with Crippen molar-refractivity contribution >= 4 is 23.2 Å². The topological polar surface area (TPSA) is 41.6 Å². The van der Waals surface area contributed by atoms with E-state index in [1.165, 1.54) is 0 Å². The Hall–Kier alpha value is -1.10. The number of hydrogen-bond acceptors (Lipinski definition) is 3. The van der Waals surface area contributed by atoms with Crippen LogP contribution in [0, 0.1) is 13.8 Å². The first kappa shape index (κ1) is 16.3. The number of amides is 1. The van der Waals surface area contributed by atoms with Crippen molar-refractivity contribution in [3.05, 3.63) is 28.3 Å². The molecule has 0 spiro atoms. The summed E-state index contributed by atoms with van der Waals surface area (Å²) in [6.45, 7) is 9.91. The number of halogens is 1. The molecule has 2 rings (SSSR count). The van der Waals surface area contributed by atoms with Crippen LogP contribution in [0.5, 0.6) is 0 Å². The molecule has 0 aliphatic carbocycles. The third-order valence-electron chi connectivity index (χ3n) is 3.56. The highest BCUT2D eigenvalue weighted by atomic mass is 35.5. The molecule has 2 atom stereocenters. The van der Waals surface area contributed by atoms with Gasteiger partial charge in [0.1, 0.15) is 0 Å². The number of aryl methyl sites for hydroxylation is 2. The molecule has 1 aromatic carbocycles. The maximum atomic E-state index is 12.2. The van der Waals surface area contributed by atoms with Gasteiger partial charge in [-0.1, -0.05) is 17.7 Å². The lowest BCUT2D eigenvalue weighted by atomic mass is 10.1. The van der Waals surface area contributed by atoms with Crippen LogP contribution >= 0.6 is 11.6 Å². The van der Waals surface area contributed by atoms with E-state index < -0.39 is 0 Å². The van der Waals surface area contributed by atoms with E-state index in [1.807, 2.05) is 39.8 Å². The predicted molar refractivity (Wildman–Crippen MR) is 86.0 cm³/mol. The van der Waals surface area contributed by atoms with Gasteiger partial charge in [-0.25, -0.2) is 0 Å². The van der Waals surface area contributed by atoms with E-state index in [1.54, 1.807) is 0 Å². The molecule has 1 heterocycles. The summed E-state index contributed by atoms with van der Waals surface area (Å²) < 4.78 is 5.67. The fourth-order valence-electron chi connectivity index (χ4n) is 2.87. The zero-order valence-corrected chi connectivity index (χ0v) is 13.8. The van der Waals surface area contributed by atoms with E-state index in [0.29, 0.717) is 17.3 Å². The maximum Gasteiger partial charge on any atom is 0.238 e. The van der Waals surface area contributed by atoms with Gasteiger partial charge in [-0.2, -0.15) is 0 Å². The lowest BCUT2D eigenvalue weighted by Gasteiger charge is -2.34. The Morgan fingerprint density at radius 2 is 1.95 bits per heavy atom. The fraction of sp³-hybridized carbons (Fsp3) is 0.562. The Bertz CT molecular complexity index is 500. The first-order valence-corrected chi connectivity index (χ1v) is 7.67. The van der Waals surface area contributed by atoms with Gasteiger partial charge in [-0.05, 0) is 44.9 Å². The number of anilines is 1. The third-order valence-corrected chi connectivity index (χ3v) is 3.86. The van der Waals surface area contributed by atoms with E-state index in [2.05, 4.69) is 10.2 Å². The SMILES string of the molecule is Cc1cc(C)c(NC(=O)CN2C[C@@H](C)O[C@@H](C)C2)c(Cl)c1. The highest BCUT2D eigenvalue weighted by Gasteiger charge is 2.24. The molecule has 1 aliphatic rings. The second-order valence-electron chi connectivity index (χ2n) is 5.94. The maximum absolute atomic E-state index is 12.2. The number of carbonyl (C=O) groups is 1. The van der Waals surface area contributed by atoms with Crippen LogP contribution < -0.4 is 5.32 Å². The lowest BCUT2D eigenvalue weighted by molar-refractivity contribution is -0.121. The number of rotatable bonds is 3. The lowest BCUT2D eigenvalue weighted by Crippen LogP contribution is -2.48. The summed E-state index contributed by atoms with van der Waals surface area (Å²) >= 11 is 6.22. The van der Waals surface area contributed by atoms with E-state index in [0.717, 1.165) is 24.2 Å². The van der Waals surface area contributed by atoms with E-state index >= 15 is 0 Å². The minimum absolute atomic E-state index is 0.0369. The van der Waals surface area contributed by atoms with Gasteiger partial charge in [0.25, 0.3) is 0 Å². The summed E-state index contributed by atoms with van der Waals surface area (Å²) in [4.78, 5) is 14.3. The molecule has 1 aliphatic heterocycles. The first-order valence-electron chi connectivity index (χ1n) is 7.29. The smallest absolute Gasteiger partial charge is 0.238 e. The molecular weight excluding hydrogens is 288 g/mol. The Labute approximate surface area is 131 Å². The Kier molecular flexibility index (Phi) is 5.25. The number of benzene rings is 1. The summed E-state index contributed by atoms with van der Waals surface area (Å²) in [5.74, 6) is -0.0369.